The van der Waals surface area contributed by atoms with Crippen LogP contribution in [0, 0.1) is 32.1 Å². The van der Waals surface area contributed by atoms with Crippen molar-refractivity contribution in [3.63, 3.8) is 0 Å². The van der Waals surface area contributed by atoms with Gasteiger partial charge in [-0.05, 0) is 57.5 Å². The number of carbonyl (C=O) groups excluding carboxylic acids is 1. The molecular weight excluding hydrogens is 352 g/mol. The highest BCUT2D eigenvalue weighted by atomic mass is 16.3. The van der Waals surface area contributed by atoms with E-state index in [1.165, 1.54) is 0 Å². The van der Waals surface area contributed by atoms with Gasteiger partial charge in [-0.15, -0.1) is 0 Å². The van der Waals surface area contributed by atoms with E-state index in [9.17, 15) is 10.1 Å². The number of nitrogens with one attached hydrogen (secondary N) is 2. The van der Waals surface area contributed by atoms with Crippen LogP contribution in [-0.4, -0.2) is 17.0 Å². The number of hydrogen-bond donors (Lipinski definition) is 2. The second kappa shape index (κ2) is 8.15. The largest absolute Gasteiger partial charge is 0.465 e. The van der Waals surface area contributed by atoms with E-state index in [0.717, 1.165) is 28.5 Å². The third-order valence-electron chi connectivity index (χ3n) is 4.85. The molecule has 6 nitrogen and oxygen atoms in total. The minimum absolute atomic E-state index is 0.0979. The zero-order valence-electron chi connectivity index (χ0n) is 16.5. The third-order valence-corrected chi connectivity index (χ3v) is 4.85. The smallest absolute Gasteiger partial charge is 0.239 e. The summed E-state index contributed by atoms with van der Waals surface area (Å²) < 4.78 is 7.49. The summed E-state index contributed by atoms with van der Waals surface area (Å²) in [7, 11) is 0. The molecule has 0 aliphatic rings. The van der Waals surface area contributed by atoms with E-state index in [1.54, 1.807) is 0 Å². The molecule has 0 spiro atoms. The van der Waals surface area contributed by atoms with Crippen molar-refractivity contribution < 1.29 is 9.21 Å². The van der Waals surface area contributed by atoms with Crippen molar-refractivity contribution in [1.82, 2.24) is 9.88 Å². The van der Waals surface area contributed by atoms with E-state index < -0.39 is 0 Å². The molecule has 2 N–H and O–H groups in total. The first-order chi connectivity index (χ1) is 13.4. The molecule has 1 amide bonds. The number of rotatable bonds is 6. The molecule has 0 saturated heterocycles. The first-order valence-corrected chi connectivity index (χ1v) is 9.19. The number of nitrogens with zero attached hydrogens (tertiary/aromatic N) is 2. The van der Waals surface area contributed by atoms with Gasteiger partial charge in [0, 0.05) is 11.4 Å². The van der Waals surface area contributed by atoms with Crippen molar-refractivity contribution in [2.75, 3.05) is 11.9 Å². The van der Waals surface area contributed by atoms with Crippen molar-refractivity contribution in [1.29, 1.82) is 5.26 Å². The van der Waals surface area contributed by atoms with Crippen molar-refractivity contribution in [2.24, 2.45) is 0 Å². The maximum absolute atomic E-state index is 12.6. The van der Waals surface area contributed by atoms with Crippen LogP contribution in [0.2, 0.25) is 0 Å². The number of aryl methyl sites for hydroxylation is 1. The molecule has 1 unspecified atom stereocenters. The summed E-state index contributed by atoms with van der Waals surface area (Å²) in [6.07, 6.45) is 0. The lowest BCUT2D eigenvalue weighted by Gasteiger charge is -2.15. The third kappa shape index (κ3) is 3.85. The number of benzene rings is 1. The molecule has 0 fully saturated rings. The fourth-order valence-electron chi connectivity index (χ4n) is 3.17. The van der Waals surface area contributed by atoms with Gasteiger partial charge in [-0.1, -0.05) is 18.2 Å². The number of furan rings is 1. The monoisotopic (exact) mass is 376 g/mol. The van der Waals surface area contributed by atoms with E-state index in [1.807, 2.05) is 74.7 Å². The van der Waals surface area contributed by atoms with Gasteiger partial charge >= 0.3 is 0 Å². The molecule has 144 valence electrons. The summed E-state index contributed by atoms with van der Waals surface area (Å²) in [5.74, 6) is 1.89. The molecule has 1 atom stereocenters. The van der Waals surface area contributed by atoms with E-state index in [2.05, 4.69) is 16.7 Å². The molecule has 0 radical (unpaired) electrons. The van der Waals surface area contributed by atoms with Crippen LogP contribution in [0.4, 0.5) is 5.82 Å². The second-order valence-corrected chi connectivity index (χ2v) is 6.82. The molecule has 0 aliphatic carbocycles. The van der Waals surface area contributed by atoms with Gasteiger partial charge in [-0.2, -0.15) is 5.26 Å². The zero-order valence-corrected chi connectivity index (χ0v) is 16.5. The van der Waals surface area contributed by atoms with Crippen LogP contribution in [0.1, 0.15) is 41.3 Å². The van der Waals surface area contributed by atoms with Gasteiger partial charge in [0.05, 0.1) is 18.2 Å². The van der Waals surface area contributed by atoms with E-state index in [4.69, 9.17) is 4.42 Å². The summed E-state index contributed by atoms with van der Waals surface area (Å²) >= 11 is 0. The van der Waals surface area contributed by atoms with Crippen LogP contribution in [-0.2, 0) is 4.79 Å². The number of para-hydroxylation sites is 1. The molecule has 0 aliphatic heterocycles. The summed E-state index contributed by atoms with van der Waals surface area (Å²) in [6, 6.07) is 15.6. The Hall–Kier alpha value is -3.30. The Morgan fingerprint density at radius 1 is 1.18 bits per heavy atom. The van der Waals surface area contributed by atoms with Crippen molar-refractivity contribution in [3.8, 4) is 11.8 Å². The molecule has 3 aromatic rings. The average Bonchev–Trinajstić information content (AvgIpc) is 3.22. The first kappa shape index (κ1) is 19.5. The SMILES string of the molecule is Cc1ccc(C(C)NCC(=O)Nc2c(C#N)c(C)c(C)n2-c2ccccc2)o1. The highest BCUT2D eigenvalue weighted by Crippen LogP contribution is 2.29. The summed E-state index contributed by atoms with van der Waals surface area (Å²) in [6.45, 7) is 7.76. The van der Waals surface area contributed by atoms with E-state index in [-0.39, 0.29) is 18.5 Å². The Bertz CT molecular complexity index is 1020. The number of nitriles is 1. The molecule has 1 aromatic carbocycles. The van der Waals surface area contributed by atoms with Gasteiger partial charge in [0.25, 0.3) is 0 Å². The predicted octanol–water partition coefficient (Wildman–Crippen LogP) is 4.16. The number of amides is 1. The maximum Gasteiger partial charge on any atom is 0.239 e. The van der Waals surface area contributed by atoms with Crippen molar-refractivity contribution in [3.05, 3.63) is 70.8 Å². The molecule has 0 saturated carbocycles. The highest BCUT2D eigenvalue weighted by molar-refractivity contribution is 5.93. The number of hydrogen-bond acceptors (Lipinski definition) is 4. The van der Waals surface area contributed by atoms with Gasteiger partial charge in [-0.25, -0.2) is 0 Å². The Kier molecular flexibility index (Phi) is 5.67. The minimum atomic E-state index is -0.221. The quantitative estimate of drug-likeness (QED) is 0.677. The number of anilines is 1. The van der Waals surface area contributed by atoms with Gasteiger partial charge in [0.15, 0.2) is 0 Å². The Labute approximate surface area is 164 Å². The minimum Gasteiger partial charge on any atom is -0.465 e. The van der Waals surface area contributed by atoms with Crippen LogP contribution in [0.15, 0.2) is 46.9 Å². The van der Waals surface area contributed by atoms with Gasteiger partial charge in [0.1, 0.15) is 23.4 Å². The van der Waals surface area contributed by atoms with Crippen molar-refractivity contribution in [2.45, 2.75) is 33.7 Å². The molecule has 2 heterocycles. The van der Waals surface area contributed by atoms with Crippen LogP contribution < -0.4 is 10.6 Å². The Balaban J connectivity index is 1.80. The molecule has 6 heteroatoms. The molecule has 2 aromatic heterocycles. The van der Waals surface area contributed by atoms with Gasteiger partial charge in [0.2, 0.25) is 5.91 Å². The molecular formula is C22H24N4O2. The van der Waals surface area contributed by atoms with Crippen LogP contribution >= 0.6 is 0 Å². The zero-order chi connectivity index (χ0) is 20.3. The topological polar surface area (TPSA) is 83.0 Å². The molecule has 3 rings (SSSR count). The molecule has 28 heavy (non-hydrogen) atoms. The van der Waals surface area contributed by atoms with E-state index in [0.29, 0.717) is 11.4 Å². The first-order valence-electron chi connectivity index (χ1n) is 9.19. The summed E-state index contributed by atoms with van der Waals surface area (Å²) in [5, 5.41) is 15.7. The normalized spacial score (nSPS) is 11.8. The lowest BCUT2D eigenvalue weighted by atomic mass is 10.2. The fourth-order valence-corrected chi connectivity index (χ4v) is 3.17. The standard InChI is InChI=1S/C22H24N4O2/c1-14-10-11-20(28-14)16(3)24-13-21(27)25-22-19(12-23)15(2)17(4)26(22)18-8-6-5-7-9-18/h5-11,16,24H,13H2,1-4H3,(H,25,27). The Morgan fingerprint density at radius 3 is 2.50 bits per heavy atom. The van der Waals surface area contributed by atoms with Crippen LogP contribution in [0.25, 0.3) is 5.69 Å². The summed E-state index contributed by atoms with van der Waals surface area (Å²) in [4.78, 5) is 12.6. The Morgan fingerprint density at radius 2 is 1.89 bits per heavy atom. The average molecular weight is 376 g/mol. The highest BCUT2D eigenvalue weighted by Gasteiger charge is 2.21. The van der Waals surface area contributed by atoms with Crippen LogP contribution in [0.3, 0.4) is 0 Å². The van der Waals surface area contributed by atoms with Gasteiger partial charge < -0.3 is 9.73 Å². The summed E-state index contributed by atoms with van der Waals surface area (Å²) in [5.41, 5.74) is 3.15. The van der Waals surface area contributed by atoms with E-state index >= 15 is 0 Å². The lowest BCUT2D eigenvalue weighted by Crippen LogP contribution is -2.30. The number of carbonyl (C=O) groups is 1. The fraction of sp³-hybridized carbons (Fsp3) is 0.273. The maximum atomic E-state index is 12.6. The van der Waals surface area contributed by atoms with Crippen molar-refractivity contribution >= 4 is 11.7 Å². The number of aromatic nitrogens is 1. The molecule has 0 bridgehead atoms. The lowest BCUT2D eigenvalue weighted by molar-refractivity contribution is -0.115. The van der Waals surface area contributed by atoms with Gasteiger partial charge in [-0.3, -0.25) is 14.7 Å². The second-order valence-electron chi connectivity index (χ2n) is 6.82. The van der Waals surface area contributed by atoms with Crippen LogP contribution in [0.5, 0.6) is 0 Å². The predicted molar refractivity (Wildman–Crippen MR) is 108 cm³/mol.